The normalized spacial score (nSPS) is 50.3. The van der Waals surface area contributed by atoms with Crippen LogP contribution in [0, 0.1) is 50.2 Å². The van der Waals surface area contributed by atoms with Crippen LogP contribution in [-0.4, -0.2) is 24.6 Å². The lowest BCUT2D eigenvalue weighted by Gasteiger charge is -2.69. The van der Waals surface area contributed by atoms with Crippen molar-refractivity contribution in [2.75, 3.05) is 7.11 Å². The Balaban J connectivity index is 1.64. The molecular formula is C31H44O4. The Morgan fingerprint density at radius 1 is 0.943 bits per heavy atom. The first-order chi connectivity index (χ1) is 16.1. The smallest absolute Gasteiger partial charge is 0.311 e. The summed E-state index contributed by atoms with van der Waals surface area (Å²) in [5.41, 5.74) is -0.158. The molecule has 3 fully saturated rings. The number of fused-ring (bicyclic) bond motifs is 7. The van der Waals surface area contributed by atoms with E-state index in [0.29, 0.717) is 0 Å². The molecule has 5 rings (SSSR count). The molecule has 35 heavy (non-hydrogen) atoms. The molecule has 0 radical (unpaired) electrons. The van der Waals surface area contributed by atoms with Gasteiger partial charge in [-0.1, -0.05) is 53.2 Å². The van der Waals surface area contributed by atoms with Gasteiger partial charge in [-0.15, -0.1) is 0 Å². The van der Waals surface area contributed by atoms with Gasteiger partial charge in [0.15, 0.2) is 11.6 Å². The molecule has 3 saturated carbocycles. The van der Waals surface area contributed by atoms with Crippen LogP contribution in [0.2, 0.25) is 0 Å². The third-order valence-corrected chi connectivity index (χ3v) is 12.5. The van der Waals surface area contributed by atoms with Gasteiger partial charge in [-0.05, 0) is 92.1 Å². The summed E-state index contributed by atoms with van der Waals surface area (Å²) in [7, 11) is 1.49. The van der Waals surface area contributed by atoms with Gasteiger partial charge < -0.3 is 4.74 Å². The second kappa shape index (κ2) is 7.19. The average Bonchev–Trinajstić information content (AvgIpc) is 2.78. The first kappa shape index (κ1) is 25.0. The highest BCUT2D eigenvalue weighted by atomic mass is 16.5. The van der Waals surface area contributed by atoms with Crippen molar-refractivity contribution in [2.24, 2.45) is 50.2 Å². The van der Waals surface area contributed by atoms with E-state index < -0.39 is 10.8 Å². The molecule has 0 aliphatic heterocycles. The van der Waals surface area contributed by atoms with E-state index in [4.69, 9.17) is 4.74 Å². The summed E-state index contributed by atoms with van der Waals surface area (Å²) in [5.74, 6) is 0.547. The van der Waals surface area contributed by atoms with Crippen LogP contribution in [0.25, 0.3) is 0 Å². The maximum atomic E-state index is 14.2. The summed E-state index contributed by atoms with van der Waals surface area (Å²) in [4.78, 5) is 39.9. The molecular weight excluding hydrogens is 436 g/mol. The molecule has 0 amide bonds. The van der Waals surface area contributed by atoms with Gasteiger partial charge in [-0.25, -0.2) is 0 Å². The van der Waals surface area contributed by atoms with Crippen molar-refractivity contribution in [3.63, 3.8) is 0 Å². The van der Waals surface area contributed by atoms with E-state index in [1.807, 2.05) is 6.08 Å². The van der Waals surface area contributed by atoms with Crippen molar-refractivity contribution in [3.8, 4) is 0 Å². The van der Waals surface area contributed by atoms with E-state index in [1.165, 1.54) is 12.7 Å². The minimum absolute atomic E-state index is 0.0997. The molecule has 4 nitrogen and oxygen atoms in total. The van der Waals surface area contributed by atoms with Crippen LogP contribution >= 0.6 is 0 Å². The SMILES string of the molecule is COC(=O)[C@@]1(C)CC[C@]2(C)CC[C@]3(C)C(=CC(=O)[C@@H]4[C@@]5(C)C=CC(=O)C(C)(C)[C@@H]5CC[C@]43C)[C@H]2C1. The van der Waals surface area contributed by atoms with Gasteiger partial charge in [-0.2, -0.15) is 0 Å². The molecule has 5 aliphatic rings. The molecule has 0 spiro atoms. The second-order valence-corrected chi connectivity index (χ2v) is 14.5. The molecule has 5 aliphatic carbocycles. The van der Waals surface area contributed by atoms with Crippen LogP contribution in [-0.2, 0) is 19.1 Å². The lowest BCUT2D eigenvalue weighted by atomic mass is 9.34. The maximum absolute atomic E-state index is 14.2. The minimum Gasteiger partial charge on any atom is -0.469 e. The largest absolute Gasteiger partial charge is 0.469 e. The summed E-state index contributed by atoms with van der Waals surface area (Å²) in [6, 6.07) is 0. The third-order valence-electron chi connectivity index (χ3n) is 12.5. The average molecular weight is 481 g/mol. The number of allylic oxidation sites excluding steroid dienone is 4. The molecule has 8 atom stereocenters. The standard InChI is InChI=1S/C31H44O4/c1-26(2)22-9-12-31(7)24(29(22,5)11-10-23(26)33)21(32)17-19-20-18-28(4,25(34)35-8)14-13-27(20,3)15-16-30(19,31)6/h10-11,17,20,22,24H,9,12-16,18H2,1-8H3/t20-,22+,24-,27-,28+,29+,30-,31-/m1/s1. The molecule has 0 aromatic heterocycles. The fraction of sp³-hybridized carbons (Fsp3) is 0.774. The van der Waals surface area contributed by atoms with E-state index in [9.17, 15) is 14.4 Å². The van der Waals surface area contributed by atoms with Crippen LogP contribution < -0.4 is 0 Å². The van der Waals surface area contributed by atoms with Gasteiger partial charge in [0.2, 0.25) is 0 Å². The molecule has 192 valence electrons. The van der Waals surface area contributed by atoms with Crippen molar-refractivity contribution < 1.29 is 19.1 Å². The topological polar surface area (TPSA) is 60.4 Å². The van der Waals surface area contributed by atoms with Crippen LogP contribution in [0.1, 0.15) is 93.4 Å². The number of ketones is 2. The molecule has 0 bridgehead atoms. The second-order valence-electron chi connectivity index (χ2n) is 14.5. The summed E-state index contributed by atoms with van der Waals surface area (Å²) < 4.78 is 5.23. The highest BCUT2D eigenvalue weighted by molar-refractivity contribution is 5.99. The van der Waals surface area contributed by atoms with Crippen molar-refractivity contribution in [1.82, 2.24) is 0 Å². The first-order valence-electron chi connectivity index (χ1n) is 13.7. The van der Waals surface area contributed by atoms with Gasteiger partial charge in [0.25, 0.3) is 0 Å². The number of carbonyl (C=O) groups excluding carboxylic acids is 3. The number of esters is 1. The van der Waals surface area contributed by atoms with Gasteiger partial charge in [-0.3, -0.25) is 14.4 Å². The van der Waals surface area contributed by atoms with E-state index in [1.54, 1.807) is 6.08 Å². The molecule has 0 aromatic carbocycles. The monoisotopic (exact) mass is 480 g/mol. The van der Waals surface area contributed by atoms with E-state index in [2.05, 4.69) is 54.5 Å². The molecule has 0 N–H and O–H groups in total. The van der Waals surface area contributed by atoms with Crippen LogP contribution in [0.5, 0.6) is 0 Å². The lowest BCUT2D eigenvalue weighted by Crippen LogP contribution is -2.65. The van der Waals surface area contributed by atoms with Gasteiger partial charge >= 0.3 is 5.97 Å². The van der Waals surface area contributed by atoms with Gasteiger partial charge in [0.05, 0.1) is 12.5 Å². The van der Waals surface area contributed by atoms with Crippen LogP contribution in [0.15, 0.2) is 23.8 Å². The van der Waals surface area contributed by atoms with E-state index >= 15 is 0 Å². The van der Waals surface area contributed by atoms with Crippen molar-refractivity contribution in [1.29, 1.82) is 0 Å². The molecule has 0 saturated heterocycles. The summed E-state index contributed by atoms with van der Waals surface area (Å²) >= 11 is 0. The Hall–Kier alpha value is -1.71. The van der Waals surface area contributed by atoms with E-state index in [-0.39, 0.29) is 56.9 Å². The minimum atomic E-state index is -0.501. The molecule has 0 aromatic rings. The number of carbonyl (C=O) groups is 3. The summed E-state index contributed by atoms with van der Waals surface area (Å²) in [5, 5.41) is 0. The Labute approximate surface area is 211 Å². The number of hydrogen-bond acceptors (Lipinski definition) is 4. The zero-order valence-electron chi connectivity index (χ0n) is 23.0. The fourth-order valence-corrected chi connectivity index (χ4v) is 9.92. The van der Waals surface area contributed by atoms with Crippen LogP contribution in [0.4, 0.5) is 0 Å². The quantitative estimate of drug-likeness (QED) is 0.403. The number of rotatable bonds is 1. The Morgan fingerprint density at radius 3 is 2.26 bits per heavy atom. The van der Waals surface area contributed by atoms with Crippen molar-refractivity contribution in [2.45, 2.75) is 93.4 Å². The van der Waals surface area contributed by atoms with Gasteiger partial charge in [0, 0.05) is 16.7 Å². The van der Waals surface area contributed by atoms with Crippen LogP contribution in [0.3, 0.4) is 0 Å². The van der Waals surface area contributed by atoms with Gasteiger partial charge in [0.1, 0.15) is 0 Å². The first-order valence-corrected chi connectivity index (χ1v) is 13.7. The molecule has 0 heterocycles. The number of methoxy groups -OCH3 is 1. The maximum Gasteiger partial charge on any atom is 0.311 e. The lowest BCUT2D eigenvalue weighted by molar-refractivity contribution is -0.172. The summed E-state index contributed by atoms with van der Waals surface area (Å²) in [6.07, 6.45) is 12.6. The highest BCUT2D eigenvalue weighted by Gasteiger charge is 2.69. The number of hydrogen-bond donors (Lipinski definition) is 0. The predicted molar refractivity (Wildman–Crippen MR) is 136 cm³/mol. The number of ether oxygens (including phenoxy) is 1. The highest BCUT2D eigenvalue weighted by Crippen LogP contribution is 2.74. The van der Waals surface area contributed by atoms with Crippen molar-refractivity contribution in [3.05, 3.63) is 23.8 Å². The predicted octanol–water partition coefficient (Wildman–Crippen LogP) is 6.49. The Morgan fingerprint density at radius 2 is 1.60 bits per heavy atom. The third kappa shape index (κ3) is 2.95. The Bertz CT molecular complexity index is 1070. The van der Waals surface area contributed by atoms with E-state index in [0.717, 1.165) is 44.9 Å². The van der Waals surface area contributed by atoms with Crippen molar-refractivity contribution >= 4 is 17.5 Å². The zero-order chi connectivity index (χ0) is 25.8. The fourth-order valence-electron chi connectivity index (χ4n) is 9.92. The molecule has 0 unspecified atom stereocenters. The zero-order valence-corrected chi connectivity index (χ0v) is 23.0. The molecule has 4 heteroatoms. The summed E-state index contributed by atoms with van der Waals surface area (Å²) in [6.45, 7) is 15.6. The Kier molecular flexibility index (Phi) is 5.13.